The third kappa shape index (κ3) is 5.78. The lowest BCUT2D eigenvalue weighted by molar-refractivity contribution is -0.136. The number of carbonyl (C=O) groups is 1. The zero-order chi connectivity index (χ0) is 23.2. The number of aliphatic carboxylic acids is 1. The lowest BCUT2D eigenvalue weighted by atomic mass is 9.97. The van der Waals surface area contributed by atoms with Crippen LogP contribution < -0.4 is 10.5 Å². The number of nitrogens with zero attached hydrogens (tertiary/aromatic N) is 1. The number of ether oxygens (including phenoxy) is 1. The molecule has 0 unspecified atom stereocenters. The Bertz CT molecular complexity index is 1130. The fraction of sp³-hybridized carbons (Fsp3) is 0.296. The Morgan fingerprint density at radius 3 is 2.48 bits per heavy atom. The van der Waals surface area contributed by atoms with Crippen molar-refractivity contribution in [3.05, 3.63) is 88.7 Å². The molecule has 0 saturated carbocycles. The highest BCUT2D eigenvalue weighted by molar-refractivity contribution is 5.71. The van der Waals surface area contributed by atoms with Gasteiger partial charge in [0.1, 0.15) is 18.2 Å². The van der Waals surface area contributed by atoms with Crippen molar-refractivity contribution in [2.75, 3.05) is 13.1 Å². The number of carboxylic acids is 1. The molecule has 1 heterocycles. The minimum Gasteiger partial charge on any atom is -0.489 e. The lowest BCUT2D eigenvalue weighted by Gasteiger charge is -2.18. The van der Waals surface area contributed by atoms with Crippen molar-refractivity contribution in [1.29, 1.82) is 0 Å². The Hall–Kier alpha value is -3.22. The molecule has 0 radical (unpaired) electrons. The van der Waals surface area contributed by atoms with Gasteiger partial charge in [-0.25, -0.2) is 4.39 Å². The second kappa shape index (κ2) is 10.6. The molecule has 3 N–H and O–H groups in total. The molecule has 1 aliphatic rings. The average Bonchev–Trinajstić information content (AvgIpc) is 3.31. The molecule has 33 heavy (non-hydrogen) atoms. The zero-order valence-corrected chi connectivity index (χ0v) is 18.6. The highest BCUT2D eigenvalue weighted by Crippen LogP contribution is 2.29. The van der Waals surface area contributed by atoms with Crippen LogP contribution in [0.5, 0.6) is 5.75 Å². The van der Waals surface area contributed by atoms with Crippen LogP contribution in [-0.4, -0.2) is 29.1 Å². The van der Waals surface area contributed by atoms with Crippen LogP contribution in [0.15, 0.2) is 60.7 Å². The second-order valence-corrected chi connectivity index (χ2v) is 8.47. The fourth-order valence-corrected chi connectivity index (χ4v) is 4.37. The first kappa shape index (κ1) is 23.0. The zero-order valence-electron chi connectivity index (χ0n) is 18.6. The second-order valence-electron chi connectivity index (χ2n) is 8.47. The van der Waals surface area contributed by atoms with Crippen molar-refractivity contribution in [2.45, 2.75) is 39.0 Å². The summed E-state index contributed by atoms with van der Waals surface area (Å²) in [5.74, 6) is -0.657. The highest BCUT2D eigenvalue weighted by atomic mass is 19.1. The van der Waals surface area contributed by atoms with Gasteiger partial charge in [0.2, 0.25) is 0 Å². The Labute approximate surface area is 193 Å². The van der Waals surface area contributed by atoms with E-state index >= 15 is 4.39 Å². The number of para-hydroxylation sites is 1. The predicted octanol–water partition coefficient (Wildman–Crippen LogP) is 4.75. The first-order chi connectivity index (χ1) is 16.0. The standard InChI is InChI=1S/C27H29FN2O3/c28-27-22(16-29)7-5-8-24(27)23-13-19(17-30-10-3-4-11-30)12-20(14-23)18-33-25-9-2-1-6-21(25)15-26(31)32/h1-2,5-9,12-14H,3-4,10-11,15-18,29H2,(H,31,32). The number of benzene rings is 3. The maximum atomic E-state index is 15.1. The molecule has 0 bridgehead atoms. The summed E-state index contributed by atoms with van der Waals surface area (Å²) in [6.45, 7) is 3.33. The number of hydrogen-bond donors (Lipinski definition) is 2. The van der Waals surface area contributed by atoms with E-state index in [1.807, 2.05) is 24.3 Å². The Morgan fingerprint density at radius 2 is 1.73 bits per heavy atom. The topological polar surface area (TPSA) is 75.8 Å². The Balaban J connectivity index is 1.65. The van der Waals surface area contributed by atoms with Gasteiger partial charge in [-0.1, -0.05) is 42.5 Å². The molecule has 3 aromatic carbocycles. The summed E-state index contributed by atoms with van der Waals surface area (Å²) in [6.07, 6.45) is 2.29. The van der Waals surface area contributed by atoms with E-state index in [0.29, 0.717) is 22.4 Å². The van der Waals surface area contributed by atoms with Gasteiger partial charge < -0.3 is 15.6 Å². The average molecular weight is 449 g/mol. The van der Waals surface area contributed by atoms with Crippen LogP contribution in [0.2, 0.25) is 0 Å². The van der Waals surface area contributed by atoms with Gasteiger partial charge in [-0.2, -0.15) is 0 Å². The molecule has 5 nitrogen and oxygen atoms in total. The van der Waals surface area contributed by atoms with Gasteiger partial charge in [0.05, 0.1) is 6.42 Å². The minimum atomic E-state index is -0.906. The summed E-state index contributed by atoms with van der Waals surface area (Å²) in [5, 5.41) is 9.18. The summed E-state index contributed by atoms with van der Waals surface area (Å²) < 4.78 is 21.1. The van der Waals surface area contributed by atoms with Gasteiger partial charge >= 0.3 is 5.97 Å². The first-order valence-corrected chi connectivity index (χ1v) is 11.3. The van der Waals surface area contributed by atoms with Crippen LogP contribution in [-0.2, 0) is 30.9 Å². The van der Waals surface area contributed by atoms with Crippen molar-refractivity contribution in [3.8, 4) is 16.9 Å². The van der Waals surface area contributed by atoms with Gasteiger partial charge in [-0.3, -0.25) is 9.69 Å². The van der Waals surface area contributed by atoms with E-state index in [9.17, 15) is 9.90 Å². The molecule has 0 atom stereocenters. The van der Waals surface area contributed by atoms with E-state index in [0.717, 1.165) is 36.3 Å². The fourth-order valence-electron chi connectivity index (χ4n) is 4.37. The summed E-state index contributed by atoms with van der Waals surface area (Å²) in [5.41, 5.74) is 10.1. The Morgan fingerprint density at radius 1 is 1.00 bits per heavy atom. The van der Waals surface area contributed by atoms with E-state index in [1.54, 1.807) is 30.3 Å². The highest BCUT2D eigenvalue weighted by Gasteiger charge is 2.16. The van der Waals surface area contributed by atoms with Gasteiger partial charge in [0.15, 0.2) is 0 Å². The molecule has 0 amide bonds. The third-order valence-corrected chi connectivity index (χ3v) is 5.98. The van der Waals surface area contributed by atoms with E-state index in [2.05, 4.69) is 11.0 Å². The predicted molar refractivity (Wildman–Crippen MR) is 126 cm³/mol. The maximum absolute atomic E-state index is 15.1. The monoisotopic (exact) mass is 448 g/mol. The maximum Gasteiger partial charge on any atom is 0.307 e. The SMILES string of the molecule is NCc1cccc(-c2cc(COc3ccccc3CC(=O)O)cc(CN3CCCC3)c2)c1F. The molecule has 0 aliphatic carbocycles. The minimum absolute atomic E-state index is 0.104. The summed E-state index contributed by atoms with van der Waals surface area (Å²) in [7, 11) is 0. The lowest BCUT2D eigenvalue weighted by Crippen LogP contribution is -2.18. The number of nitrogens with two attached hydrogens (primary N) is 1. The molecule has 1 aliphatic heterocycles. The van der Waals surface area contributed by atoms with Crippen molar-refractivity contribution in [1.82, 2.24) is 4.90 Å². The molecule has 1 saturated heterocycles. The molecule has 0 spiro atoms. The largest absolute Gasteiger partial charge is 0.489 e. The molecule has 3 aromatic rings. The molecular weight excluding hydrogens is 419 g/mol. The smallest absolute Gasteiger partial charge is 0.307 e. The molecular formula is C27H29FN2O3. The van der Waals surface area contributed by atoms with Gasteiger partial charge in [-0.05, 0) is 60.8 Å². The number of rotatable bonds is 9. The van der Waals surface area contributed by atoms with E-state index in [4.69, 9.17) is 10.5 Å². The van der Waals surface area contributed by atoms with Crippen LogP contribution in [0, 0.1) is 5.82 Å². The summed E-state index contributed by atoms with van der Waals surface area (Å²) >= 11 is 0. The van der Waals surface area contributed by atoms with Crippen LogP contribution in [0.3, 0.4) is 0 Å². The quantitative estimate of drug-likeness (QED) is 0.494. The van der Waals surface area contributed by atoms with Gasteiger partial charge in [0.25, 0.3) is 0 Å². The van der Waals surface area contributed by atoms with Crippen molar-refractivity contribution in [3.63, 3.8) is 0 Å². The number of carboxylic acid groups (broad SMARTS) is 1. The van der Waals surface area contributed by atoms with E-state index < -0.39 is 5.97 Å². The van der Waals surface area contributed by atoms with Crippen LogP contribution >= 0.6 is 0 Å². The van der Waals surface area contributed by atoms with Gasteiger partial charge in [-0.15, -0.1) is 0 Å². The molecule has 172 valence electrons. The van der Waals surface area contributed by atoms with Crippen molar-refractivity contribution in [2.24, 2.45) is 5.73 Å². The van der Waals surface area contributed by atoms with Gasteiger partial charge in [0, 0.05) is 29.8 Å². The first-order valence-electron chi connectivity index (χ1n) is 11.3. The van der Waals surface area contributed by atoms with E-state index in [-0.39, 0.29) is 25.4 Å². The summed E-state index contributed by atoms with van der Waals surface area (Å²) in [6, 6.07) is 18.5. The normalized spacial score (nSPS) is 13.9. The van der Waals surface area contributed by atoms with Crippen LogP contribution in [0.4, 0.5) is 4.39 Å². The molecule has 0 aromatic heterocycles. The number of halogens is 1. The van der Waals surface area contributed by atoms with Crippen molar-refractivity contribution < 1.29 is 19.0 Å². The molecule has 6 heteroatoms. The molecule has 4 rings (SSSR count). The van der Waals surface area contributed by atoms with Crippen molar-refractivity contribution >= 4 is 5.97 Å². The van der Waals surface area contributed by atoms with Crippen LogP contribution in [0.1, 0.15) is 35.1 Å². The van der Waals surface area contributed by atoms with Crippen LogP contribution in [0.25, 0.3) is 11.1 Å². The summed E-state index contributed by atoms with van der Waals surface area (Å²) in [4.78, 5) is 13.6. The number of likely N-dealkylation sites (tertiary alicyclic amines) is 1. The third-order valence-electron chi connectivity index (χ3n) is 5.98. The number of hydrogen-bond acceptors (Lipinski definition) is 4. The van der Waals surface area contributed by atoms with E-state index in [1.165, 1.54) is 12.8 Å². The Kier molecular flexibility index (Phi) is 7.37. The molecule has 1 fully saturated rings.